The van der Waals surface area contributed by atoms with Crippen LogP contribution in [0.2, 0.25) is 10.2 Å². The predicted molar refractivity (Wildman–Crippen MR) is 72.9 cm³/mol. The zero-order valence-corrected chi connectivity index (χ0v) is 12.1. The number of aromatic nitrogens is 2. The van der Waals surface area contributed by atoms with E-state index in [4.69, 9.17) is 27.6 Å². The summed E-state index contributed by atoms with van der Waals surface area (Å²) in [7, 11) is 3.89. The van der Waals surface area contributed by atoms with Gasteiger partial charge in [0.1, 0.15) is 5.69 Å². The number of nitrogens with zero attached hydrogens (tertiary/aromatic N) is 3. The molecular formula is C12H13Cl2N3O2. The van der Waals surface area contributed by atoms with Crippen molar-refractivity contribution in [3.8, 4) is 0 Å². The molecule has 0 aliphatic heterocycles. The van der Waals surface area contributed by atoms with Crippen molar-refractivity contribution in [1.29, 1.82) is 0 Å². The highest BCUT2D eigenvalue weighted by atomic mass is 35.5. The molecule has 0 amide bonds. The molecule has 0 fully saturated rings. The molecule has 0 bridgehead atoms. The fraction of sp³-hybridized carbons (Fsp3) is 0.333. The molecule has 19 heavy (non-hydrogen) atoms. The summed E-state index contributed by atoms with van der Waals surface area (Å²) in [5.74, 6) is -0.174. The second-order valence-electron chi connectivity index (χ2n) is 4.30. The molecule has 0 aromatic carbocycles. The van der Waals surface area contributed by atoms with Gasteiger partial charge < -0.3 is 9.32 Å². The van der Waals surface area contributed by atoms with Gasteiger partial charge >= 0.3 is 0 Å². The zero-order chi connectivity index (χ0) is 14.0. The third-order valence-electron chi connectivity index (χ3n) is 2.57. The normalized spacial score (nSPS) is 11.2. The maximum atomic E-state index is 12.3. The summed E-state index contributed by atoms with van der Waals surface area (Å²) >= 11 is 11.7. The van der Waals surface area contributed by atoms with Crippen molar-refractivity contribution >= 4 is 29.0 Å². The van der Waals surface area contributed by atoms with E-state index in [0.29, 0.717) is 17.3 Å². The molecule has 2 aromatic rings. The molecule has 5 nitrogen and oxygen atoms in total. The summed E-state index contributed by atoms with van der Waals surface area (Å²) in [5.41, 5.74) is 0.314. The van der Waals surface area contributed by atoms with Crippen LogP contribution in [0.25, 0.3) is 0 Å². The molecular weight excluding hydrogens is 289 g/mol. The van der Waals surface area contributed by atoms with Crippen LogP contribution in [-0.4, -0.2) is 41.1 Å². The Hall–Kier alpha value is -1.30. The lowest BCUT2D eigenvalue weighted by molar-refractivity contribution is 0.0998. The number of rotatable bonds is 5. The van der Waals surface area contributed by atoms with Crippen LogP contribution in [-0.2, 0) is 6.54 Å². The molecule has 2 heterocycles. The Labute approximate surface area is 120 Å². The van der Waals surface area contributed by atoms with Crippen LogP contribution >= 0.6 is 23.2 Å². The molecule has 0 aliphatic carbocycles. The maximum absolute atomic E-state index is 12.3. The first kappa shape index (κ1) is 14.1. The average molecular weight is 302 g/mol. The maximum Gasteiger partial charge on any atom is 0.247 e. The topological polar surface area (TPSA) is 51.3 Å². The minimum atomic E-state index is -0.326. The SMILES string of the molecule is CN(C)CCn1ncc(Cl)c1C(=O)c1ccc(Cl)o1. The Morgan fingerprint density at radius 2 is 2.16 bits per heavy atom. The molecule has 0 N–H and O–H groups in total. The quantitative estimate of drug-likeness (QED) is 0.797. The lowest BCUT2D eigenvalue weighted by Gasteiger charge is -2.11. The molecule has 0 radical (unpaired) electrons. The number of likely N-dealkylation sites (N-methyl/N-ethyl adjacent to an activating group) is 1. The summed E-state index contributed by atoms with van der Waals surface area (Å²) in [6.45, 7) is 1.31. The van der Waals surface area contributed by atoms with Gasteiger partial charge in [0.25, 0.3) is 0 Å². The van der Waals surface area contributed by atoms with E-state index in [0.717, 1.165) is 6.54 Å². The number of hydrogen-bond donors (Lipinski definition) is 0. The summed E-state index contributed by atoms with van der Waals surface area (Å²) in [6, 6.07) is 3.04. The van der Waals surface area contributed by atoms with Crippen molar-refractivity contribution in [1.82, 2.24) is 14.7 Å². The Morgan fingerprint density at radius 3 is 2.74 bits per heavy atom. The summed E-state index contributed by atoms with van der Waals surface area (Å²) in [6.07, 6.45) is 1.45. The van der Waals surface area contributed by atoms with Gasteiger partial charge in [-0.15, -0.1) is 0 Å². The van der Waals surface area contributed by atoms with Gasteiger partial charge in [-0.05, 0) is 37.8 Å². The Balaban J connectivity index is 2.28. The van der Waals surface area contributed by atoms with Gasteiger partial charge in [0, 0.05) is 6.54 Å². The van der Waals surface area contributed by atoms with E-state index in [2.05, 4.69) is 5.10 Å². The lowest BCUT2D eigenvalue weighted by Crippen LogP contribution is -2.21. The second kappa shape index (κ2) is 5.77. The van der Waals surface area contributed by atoms with Crippen LogP contribution in [0.3, 0.4) is 0 Å². The van der Waals surface area contributed by atoms with E-state index < -0.39 is 0 Å². The van der Waals surface area contributed by atoms with E-state index in [9.17, 15) is 4.79 Å². The number of halogens is 2. The van der Waals surface area contributed by atoms with E-state index in [-0.39, 0.29) is 16.8 Å². The molecule has 2 aromatic heterocycles. The predicted octanol–water partition coefficient (Wildman–Crippen LogP) is 2.58. The van der Waals surface area contributed by atoms with E-state index in [1.807, 2.05) is 19.0 Å². The first-order valence-electron chi connectivity index (χ1n) is 5.65. The molecule has 0 spiro atoms. The summed E-state index contributed by atoms with van der Waals surface area (Å²) in [4.78, 5) is 14.3. The number of ketones is 1. The number of hydrogen-bond acceptors (Lipinski definition) is 4. The molecule has 0 unspecified atom stereocenters. The molecule has 0 saturated heterocycles. The van der Waals surface area contributed by atoms with Crippen LogP contribution in [0.1, 0.15) is 16.2 Å². The minimum Gasteiger partial charge on any atom is -0.441 e. The molecule has 0 atom stereocenters. The Morgan fingerprint density at radius 1 is 1.42 bits per heavy atom. The van der Waals surface area contributed by atoms with Crippen molar-refractivity contribution in [2.24, 2.45) is 0 Å². The third-order valence-corrected chi connectivity index (χ3v) is 3.05. The van der Waals surface area contributed by atoms with Gasteiger partial charge in [0.15, 0.2) is 11.0 Å². The third kappa shape index (κ3) is 3.18. The van der Waals surface area contributed by atoms with Crippen molar-refractivity contribution in [2.75, 3.05) is 20.6 Å². The van der Waals surface area contributed by atoms with Gasteiger partial charge in [0.2, 0.25) is 5.78 Å². The lowest BCUT2D eigenvalue weighted by atomic mass is 10.2. The smallest absolute Gasteiger partial charge is 0.247 e. The van der Waals surface area contributed by atoms with Crippen molar-refractivity contribution < 1.29 is 9.21 Å². The number of carbonyl (C=O) groups excluding carboxylic acids is 1. The largest absolute Gasteiger partial charge is 0.441 e. The van der Waals surface area contributed by atoms with Crippen LogP contribution in [0, 0.1) is 0 Å². The summed E-state index contributed by atoms with van der Waals surface area (Å²) < 4.78 is 6.68. The Kier molecular flexibility index (Phi) is 4.29. The van der Waals surface area contributed by atoms with Crippen molar-refractivity contribution in [3.05, 3.63) is 40.0 Å². The van der Waals surface area contributed by atoms with Crippen molar-refractivity contribution in [3.63, 3.8) is 0 Å². The first-order valence-corrected chi connectivity index (χ1v) is 6.40. The molecule has 0 saturated carbocycles. The van der Waals surface area contributed by atoms with Crippen LogP contribution < -0.4 is 0 Å². The number of carbonyl (C=O) groups is 1. The molecule has 7 heteroatoms. The van der Waals surface area contributed by atoms with Gasteiger partial charge in [0.05, 0.1) is 17.8 Å². The first-order chi connectivity index (χ1) is 8.99. The standard InChI is InChI=1S/C12H13Cl2N3O2/c1-16(2)5-6-17-11(8(13)7-15-17)12(18)9-3-4-10(14)19-9/h3-4,7H,5-6H2,1-2H3. The van der Waals surface area contributed by atoms with Crippen LogP contribution in [0.4, 0.5) is 0 Å². The monoisotopic (exact) mass is 301 g/mol. The van der Waals surface area contributed by atoms with E-state index in [1.165, 1.54) is 18.3 Å². The molecule has 102 valence electrons. The second-order valence-corrected chi connectivity index (χ2v) is 5.08. The van der Waals surface area contributed by atoms with Gasteiger partial charge in [-0.3, -0.25) is 9.48 Å². The highest BCUT2D eigenvalue weighted by Crippen LogP contribution is 2.22. The fourth-order valence-corrected chi connectivity index (χ4v) is 1.98. The Bertz CT molecular complexity index is 590. The van der Waals surface area contributed by atoms with Gasteiger partial charge in [-0.1, -0.05) is 11.6 Å². The van der Waals surface area contributed by atoms with Gasteiger partial charge in [-0.2, -0.15) is 5.10 Å². The zero-order valence-electron chi connectivity index (χ0n) is 10.6. The fourth-order valence-electron chi connectivity index (χ4n) is 1.61. The van der Waals surface area contributed by atoms with Gasteiger partial charge in [-0.25, -0.2) is 0 Å². The summed E-state index contributed by atoms with van der Waals surface area (Å²) in [5, 5.41) is 4.57. The molecule has 2 rings (SSSR count). The highest BCUT2D eigenvalue weighted by molar-refractivity contribution is 6.34. The van der Waals surface area contributed by atoms with Crippen molar-refractivity contribution in [2.45, 2.75) is 6.54 Å². The van der Waals surface area contributed by atoms with Crippen LogP contribution in [0.15, 0.2) is 22.7 Å². The van der Waals surface area contributed by atoms with Crippen LogP contribution in [0.5, 0.6) is 0 Å². The highest BCUT2D eigenvalue weighted by Gasteiger charge is 2.22. The van der Waals surface area contributed by atoms with E-state index >= 15 is 0 Å². The average Bonchev–Trinajstić information content (AvgIpc) is 2.92. The minimum absolute atomic E-state index is 0.151. The number of furan rings is 1. The van der Waals surface area contributed by atoms with E-state index in [1.54, 1.807) is 4.68 Å². The molecule has 0 aliphatic rings.